The fourth-order valence-corrected chi connectivity index (χ4v) is 4.66. The number of carbonyl (C=O) groups is 1. The van der Waals surface area contributed by atoms with Gasteiger partial charge in [0.2, 0.25) is 0 Å². The van der Waals surface area contributed by atoms with Crippen LogP contribution in [0.3, 0.4) is 0 Å². The number of hydrogen-bond acceptors (Lipinski definition) is 5. The van der Waals surface area contributed by atoms with Crippen LogP contribution in [-0.2, 0) is 10.0 Å². The lowest BCUT2D eigenvalue weighted by Crippen LogP contribution is -2.17. The standard InChI is InChI=1S/C25H28N2O5S/c1-5-31-22-16-21(27-33(29,30)24-13-12-17(3)14-18(24)4)23(32-6-2)15-20(22)26-25(28)19-10-8-7-9-11-19/h7-16,27H,5-6H2,1-4H3,(H,26,28). The van der Waals surface area contributed by atoms with Crippen LogP contribution in [0.5, 0.6) is 11.5 Å². The average Bonchev–Trinajstić information content (AvgIpc) is 2.77. The number of anilines is 2. The number of rotatable bonds is 9. The van der Waals surface area contributed by atoms with Crippen LogP contribution in [0.2, 0.25) is 0 Å². The van der Waals surface area contributed by atoms with Gasteiger partial charge in [0.1, 0.15) is 11.5 Å². The van der Waals surface area contributed by atoms with Crippen LogP contribution >= 0.6 is 0 Å². The first-order chi connectivity index (χ1) is 15.7. The highest BCUT2D eigenvalue weighted by Crippen LogP contribution is 2.38. The quantitative estimate of drug-likeness (QED) is 0.453. The van der Waals surface area contributed by atoms with Crippen LogP contribution in [0, 0.1) is 13.8 Å². The molecule has 7 nitrogen and oxygen atoms in total. The van der Waals surface area contributed by atoms with Crippen LogP contribution in [0.25, 0.3) is 0 Å². The molecule has 0 spiro atoms. The zero-order chi connectivity index (χ0) is 24.0. The summed E-state index contributed by atoms with van der Waals surface area (Å²) in [5.41, 5.74) is 2.69. The Bertz CT molecular complexity index is 1240. The van der Waals surface area contributed by atoms with E-state index in [1.165, 1.54) is 6.07 Å². The highest BCUT2D eigenvalue weighted by atomic mass is 32.2. The van der Waals surface area contributed by atoms with E-state index in [1.807, 2.05) is 19.1 Å². The Hall–Kier alpha value is -3.52. The zero-order valence-electron chi connectivity index (χ0n) is 19.1. The molecule has 0 fully saturated rings. The molecule has 33 heavy (non-hydrogen) atoms. The molecule has 0 aliphatic rings. The fraction of sp³-hybridized carbons (Fsp3) is 0.240. The maximum atomic E-state index is 13.1. The second-order valence-corrected chi connectivity index (χ2v) is 9.06. The Kier molecular flexibility index (Phi) is 7.60. The summed E-state index contributed by atoms with van der Waals surface area (Å²) in [5, 5.41) is 2.83. The first kappa shape index (κ1) is 24.1. The van der Waals surface area contributed by atoms with E-state index in [0.29, 0.717) is 35.8 Å². The van der Waals surface area contributed by atoms with Gasteiger partial charge in [-0.15, -0.1) is 0 Å². The van der Waals surface area contributed by atoms with Gasteiger partial charge < -0.3 is 14.8 Å². The lowest BCUT2D eigenvalue weighted by atomic mass is 10.2. The summed E-state index contributed by atoms with van der Waals surface area (Å²) in [5.74, 6) is 0.281. The molecule has 174 valence electrons. The molecule has 2 N–H and O–H groups in total. The third kappa shape index (κ3) is 5.84. The molecule has 0 radical (unpaired) electrons. The van der Waals surface area contributed by atoms with Gasteiger partial charge in [-0.05, 0) is 51.5 Å². The summed E-state index contributed by atoms with van der Waals surface area (Å²) < 4.78 is 40.3. The molecule has 3 aromatic carbocycles. The molecule has 0 heterocycles. The van der Waals surface area contributed by atoms with Gasteiger partial charge in [-0.2, -0.15) is 0 Å². The van der Waals surface area contributed by atoms with E-state index in [2.05, 4.69) is 10.0 Å². The highest BCUT2D eigenvalue weighted by Gasteiger charge is 2.22. The summed E-state index contributed by atoms with van der Waals surface area (Å²) in [4.78, 5) is 12.9. The number of ether oxygens (including phenoxy) is 2. The minimum atomic E-state index is -3.89. The molecule has 8 heteroatoms. The molecule has 0 saturated carbocycles. The lowest BCUT2D eigenvalue weighted by Gasteiger charge is -2.19. The maximum absolute atomic E-state index is 13.1. The van der Waals surface area contributed by atoms with Crippen molar-refractivity contribution >= 4 is 27.3 Å². The summed E-state index contributed by atoms with van der Waals surface area (Å²) in [6.07, 6.45) is 0. The van der Waals surface area contributed by atoms with Crippen molar-refractivity contribution in [1.29, 1.82) is 0 Å². The first-order valence-corrected chi connectivity index (χ1v) is 12.1. The normalized spacial score (nSPS) is 11.0. The van der Waals surface area contributed by atoms with Gasteiger partial charge in [0, 0.05) is 17.7 Å². The molecule has 0 saturated heterocycles. The van der Waals surface area contributed by atoms with Gasteiger partial charge in [0.25, 0.3) is 15.9 Å². The lowest BCUT2D eigenvalue weighted by molar-refractivity contribution is 0.102. The summed E-state index contributed by atoms with van der Waals surface area (Å²) in [6.45, 7) is 7.88. The number of hydrogen-bond donors (Lipinski definition) is 2. The minimum absolute atomic E-state index is 0.176. The van der Waals surface area contributed by atoms with E-state index in [-0.39, 0.29) is 22.2 Å². The van der Waals surface area contributed by atoms with Crippen LogP contribution in [0.4, 0.5) is 11.4 Å². The van der Waals surface area contributed by atoms with E-state index < -0.39 is 10.0 Å². The molecule has 0 aromatic heterocycles. The van der Waals surface area contributed by atoms with Crippen molar-refractivity contribution in [3.63, 3.8) is 0 Å². The molecule has 0 atom stereocenters. The molecule has 1 amide bonds. The predicted octanol–water partition coefficient (Wildman–Crippen LogP) is 5.15. The number of amides is 1. The van der Waals surface area contributed by atoms with Gasteiger partial charge >= 0.3 is 0 Å². The topological polar surface area (TPSA) is 93.7 Å². The number of aryl methyl sites for hydroxylation is 2. The van der Waals surface area contributed by atoms with Crippen molar-refractivity contribution in [2.75, 3.05) is 23.3 Å². The zero-order valence-corrected chi connectivity index (χ0v) is 20.0. The van der Waals surface area contributed by atoms with E-state index >= 15 is 0 Å². The number of nitrogens with one attached hydrogen (secondary N) is 2. The van der Waals surface area contributed by atoms with Crippen LogP contribution in [0.1, 0.15) is 35.3 Å². The molecular formula is C25H28N2O5S. The van der Waals surface area contributed by atoms with Gasteiger partial charge in [-0.3, -0.25) is 9.52 Å². The molecule has 0 aliphatic heterocycles. The van der Waals surface area contributed by atoms with Gasteiger partial charge in [0.05, 0.1) is 29.5 Å². The van der Waals surface area contributed by atoms with Crippen molar-refractivity contribution in [1.82, 2.24) is 0 Å². The number of carbonyl (C=O) groups excluding carboxylic acids is 1. The molecule has 0 bridgehead atoms. The van der Waals surface area contributed by atoms with E-state index in [9.17, 15) is 13.2 Å². The molecule has 3 aromatic rings. The van der Waals surface area contributed by atoms with Crippen molar-refractivity contribution in [3.05, 3.63) is 77.4 Å². The Balaban J connectivity index is 2.01. The predicted molar refractivity (Wildman–Crippen MR) is 130 cm³/mol. The summed E-state index contributed by atoms with van der Waals surface area (Å²) in [7, 11) is -3.89. The van der Waals surface area contributed by atoms with Crippen molar-refractivity contribution < 1.29 is 22.7 Å². The Morgan fingerprint density at radius 1 is 0.848 bits per heavy atom. The monoisotopic (exact) mass is 468 g/mol. The van der Waals surface area contributed by atoms with Gasteiger partial charge in [-0.25, -0.2) is 8.42 Å². The second kappa shape index (κ2) is 10.4. The Morgan fingerprint density at radius 2 is 1.45 bits per heavy atom. The van der Waals surface area contributed by atoms with Crippen molar-refractivity contribution in [3.8, 4) is 11.5 Å². The maximum Gasteiger partial charge on any atom is 0.262 e. The van der Waals surface area contributed by atoms with Crippen LogP contribution in [0.15, 0.2) is 65.6 Å². The largest absolute Gasteiger partial charge is 0.492 e. The Morgan fingerprint density at radius 3 is 2.06 bits per heavy atom. The van der Waals surface area contributed by atoms with E-state index in [0.717, 1.165) is 5.56 Å². The third-order valence-corrected chi connectivity index (χ3v) is 6.36. The first-order valence-electron chi connectivity index (χ1n) is 10.6. The average molecular weight is 469 g/mol. The fourth-order valence-electron chi connectivity index (χ4n) is 3.37. The van der Waals surface area contributed by atoms with Crippen molar-refractivity contribution in [2.45, 2.75) is 32.6 Å². The summed E-state index contributed by atoms with van der Waals surface area (Å²) >= 11 is 0. The molecule has 0 aliphatic carbocycles. The molecule has 0 unspecified atom stereocenters. The highest BCUT2D eigenvalue weighted by molar-refractivity contribution is 7.92. The van der Waals surface area contributed by atoms with E-state index in [4.69, 9.17) is 9.47 Å². The van der Waals surface area contributed by atoms with E-state index in [1.54, 1.807) is 63.2 Å². The second-order valence-electron chi connectivity index (χ2n) is 7.41. The van der Waals surface area contributed by atoms with Gasteiger partial charge in [-0.1, -0.05) is 35.9 Å². The minimum Gasteiger partial charge on any atom is -0.492 e. The smallest absolute Gasteiger partial charge is 0.262 e. The van der Waals surface area contributed by atoms with Gasteiger partial charge in [0.15, 0.2) is 0 Å². The summed E-state index contributed by atoms with van der Waals surface area (Å²) in [6, 6.07) is 17.0. The SMILES string of the molecule is CCOc1cc(NS(=O)(=O)c2ccc(C)cc2C)c(OCC)cc1NC(=O)c1ccccc1. The third-order valence-electron chi connectivity index (χ3n) is 4.83. The van der Waals surface area contributed by atoms with Crippen LogP contribution < -0.4 is 19.5 Å². The number of sulfonamides is 1. The molecule has 3 rings (SSSR count). The van der Waals surface area contributed by atoms with Crippen molar-refractivity contribution in [2.24, 2.45) is 0 Å². The van der Waals surface area contributed by atoms with Crippen LogP contribution in [-0.4, -0.2) is 27.5 Å². The number of benzene rings is 3. The Labute approximate surface area is 194 Å². The molecular weight excluding hydrogens is 440 g/mol.